The summed E-state index contributed by atoms with van der Waals surface area (Å²) in [6, 6.07) is 15.8. The first-order valence-electron chi connectivity index (χ1n) is 8.33. The molecule has 0 aliphatic carbocycles. The van der Waals surface area contributed by atoms with E-state index >= 15 is 0 Å². The third kappa shape index (κ3) is 2.50. The fourth-order valence-corrected chi connectivity index (χ4v) is 4.00. The maximum Gasteiger partial charge on any atom is 0.0703 e. The Morgan fingerprint density at radius 3 is 2.45 bits per heavy atom. The lowest BCUT2D eigenvalue weighted by molar-refractivity contribution is 0.0458. The Kier molecular flexibility index (Phi) is 3.59. The molecule has 4 heterocycles. The van der Waals surface area contributed by atoms with Gasteiger partial charge in [-0.1, -0.05) is 30.3 Å². The van der Waals surface area contributed by atoms with Crippen LogP contribution in [-0.4, -0.2) is 35.1 Å². The summed E-state index contributed by atoms with van der Waals surface area (Å²) in [7, 11) is 0. The van der Waals surface area contributed by atoms with Crippen LogP contribution in [0.4, 0.5) is 5.69 Å². The Morgan fingerprint density at radius 2 is 1.82 bits per heavy atom. The van der Waals surface area contributed by atoms with Crippen LogP contribution in [0.3, 0.4) is 0 Å². The molecule has 114 valence electrons. The monoisotopic (exact) mass is 293 g/mol. The largest absolute Gasteiger partial charge is 0.379 e. The molecule has 0 amide bonds. The highest BCUT2D eigenvalue weighted by Gasteiger charge is 2.39. The number of fused-ring (bicyclic) bond motifs is 3. The SMILES string of the molecule is C[C@H]1[C@H](Nc2ccc(-c3ccccc3)nc2)C2CCN1CC2. The Hall–Kier alpha value is -1.87. The van der Waals surface area contributed by atoms with E-state index in [4.69, 9.17) is 0 Å². The lowest BCUT2D eigenvalue weighted by Gasteiger charge is -2.50. The number of anilines is 1. The average Bonchev–Trinajstić information content (AvgIpc) is 2.60. The summed E-state index contributed by atoms with van der Waals surface area (Å²) in [6.45, 7) is 4.90. The molecule has 3 aliphatic heterocycles. The van der Waals surface area contributed by atoms with Gasteiger partial charge in [-0.15, -0.1) is 0 Å². The summed E-state index contributed by atoms with van der Waals surface area (Å²) in [4.78, 5) is 7.24. The topological polar surface area (TPSA) is 28.2 Å². The van der Waals surface area contributed by atoms with Crippen molar-refractivity contribution in [2.75, 3.05) is 18.4 Å². The van der Waals surface area contributed by atoms with E-state index in [1.807, 2.05) is 12.3 Å². The molecule has 2 aromatic rings. The first kappa shape index (κ1) is 13.8. The Bertz CT molecular complexity index is 613. The fraction of sp³-hybridized carbons (Fsp3) is 0.421. The van der Waals surface area contributed by atoms with Gasteiger partial charge in [-0.3, -0.25) is 9.88 Å². The lowest BCUT2D eigenvalue weighted by atomic mass is 9.79. The van der Waals surface area contributed by atoms with Crippen molar-refractivity contribution in [3.8, 4) is 11.3 Å². The molecular weight excluding hydrogens is 270 g/mol. The minimum atomic E-state index is 0.562. The third-order valence-electron chi connectivity index (χ3n) is 5.34. The number of pyridine rings is 1. The predicted molar refractivity (Wildman–Crippen MR) is 90.8 cm³/mol. The van der Waals surface area contributed by atoms with Gasteiger partial charge in [0.25, 0.3) is 0 Å². The van der Waals surface area contributed by atoms with Crippen molar-refractivity contribution in [3.05, 3.63) is 48.7 Å². The highest BCUT2D eigenvalue weighted by Crippen LogP contribution is 2.34. The van der Waals surface area contributed by atoms with Gasteiger partial charge >= 0.3 is 0 Å². The molecule has 2 atom stereocenters. The van der Waals surface area contributed by atoms with Crippen LogP contribution in [-0.2, 0) is 0 Å². The van der Waals surface area contributed by atoms with Crippen LogP contribution >= 0.6 is 0 Å². The van der Waals surface area contributed by atoms with Gasteiger partial charge in [0.05, 0.1) is 17.6 Å². The second-order valence-electron chi connectivity index (χ2n) is 6.58. The van der Waals surface area contributed by atoms with Crippen molar-refractivity contribution in [2.45, 2.75) is 31.8 Å². The van der Waals surface area contributed by atoms with E-state index in [0.717, 1.165) is 17.3 Å². The molecule has 3 aliphatic rings. The Morgan fingerprint density at radius 1 is 1.05 bits per heavy atom. The fourth-order valence-electron chi connectivity index (χ4n) is 4.00. The molecule has 3 saturated heterocycles. The van der Waals surface area contributed by atoms with E-state index in [2.05, 4.69) is 58.5 Å². The number of hydrogen-bond acceptors (Lipinski definition) is 3. The molecule has 0 radical (unpaired) electrons. The summed E-state index contributed by atoms with van der Waals surface area (Å²) in [5, 5.41) is 3.74. The molecule has 1 N–H and O–H groups in total. The molecule has 0 saturated carbocycles. The van der Waals surface area contributed by atoms with Gasteiger partial charge in [0, 0.05) is 17.6 Å². The summed E-state index contributed by atoms with van der Waals surface area (Å²) in [6.07, 6.45) is 4.64. The second-order valence-corrected chi connectivity index (χ2v) is 6.58. The highest BCUT2D eigenvalue weighted by molar-refractivity contribution is 5.61. The van der Waals surface area contributed by atoms with E-state index in [0.29, 0.717) is 12.1 Å². The quantitative estimate of drug-likeness (QED) is 0.936. The van der Waals surface area contributed by atoms with Gasteiger partial charge in [0.2, 0.25) is 0 Å². The van der Waals surface area contributed by atoms with E-state index in [1.165, 1.54) is 31.5 Å². The predicted octanol–water partition coefficient (Wildman–Crippen LogP) is 3.64. The van der Waals surface area contributed by atoms with E-state index < -0.39 is 0 Å². The number of nitrogens with one attached hydrogen (secondary N) is 1. The summed E-state index contributed by atoms with van der Waals surface area (Å²) in [5.74, 6) is 0.814. The van der Waals surface area contributed by atoms with Crippen molar-refractivity contribution >= 4 is 5.69 Å². The number of hydrogen-bond donors (Lipinski definition) is 1. The summed E-state index contributed by atoms with van der Waals surface area (Å²) >= 11 is 0. The second kappa shape index (κ2) is 5.73. The number of benzene rings is 1. The van der Waals surface area contributed by atoms with Crippen molar-refractivity contribution in [3.63, 3.8) is 0 Å². The maximum absolute atomic E-state index is 4.63. The molecule has 0 unspecified atom stereocenters. The number of nitrogens with zero attached hydrogens (tertiary/aromatic N) is 2. The van der Waals surface area contributed by atoms with Crippen LogP contribution in [0.5, 0.6) is 0 Å². The van der Waals surface area contributed by atoms with Crippen molar-refractivity contribution < 1.29 is 0 Å². The number of piperidine rings is 3. The van der Waals surface area contributed by atoms with Gasteiger partial charge in [-0.25, -0.2) is 0 Å². The molecule has 0 spiro atoms. The van der Waals surface area contributed by atoms with Gasteiger partial charge in [0.1, 0.15) is 0 Å². The van der Waals surface area contributed by atoms with E-state index in [9.17, 15) is 0 Å². The minimum absolute atomic E-state index is 0.562. The normalized spacial score (nSPS) is 30.2. The Labute approximate surface area is 132 Å². The van der Waals surface area contributed by atoms with Crippen LogP contribution in [0.15, 0.2) is 48.7 Å². The van der Waals surface area contributed by atoms with Crippen LogP contribution in [0.2, 0.25) is 0 Å². The third-order valence-corrected chi connectivity index (χ3v) is 5.34. The molecule has 1 aromatic carbocycles. The van der Waals surface area contributed by atoms with Gasteiger partial charge < -0.3 is 5.32 Å². The van der Waals surface area contributed by atoms with Gasteiger partial charge in [0.15, 0.2) is 0 Å². The maximum atomic E-state index is 4.63. The molecular formula is C19H23N3. The number of rotatable bonds is 3. The lowest BCUT2D eigenvalue weighted by Crippen LogP contribution is -2.59. The summed E-state index contributed by atoms with van der Waals surface area (Å²) < 4.78 is 0. The van der Waals surface area contributed by atoms with Crippen LogP contribution < -0.4 is 5.32 Å². The molecule has 3 nitrogen and oxygen atoms in total. The molecule has 2 bridgehead atoms. The van der Waals surface area contributed by atoms with Crippen molar-refractivity contribution in [1.82, 2.24) is 9.88 Å². The van der Waals surface area contributed by atoms with Crippen molar-refractivity contribution in [1.29, 1.82) is 0 Å². The number of aromatic nitrogens is 1. The summed E-state index contributed by atoms with van der Waals surface area (Å²) in [5.41, 5.74) is 3.35. The van der Waals surface area contributed by atoms with Crippen LogP contribution in [0, 0.1) is 5.92 Å². The van der Waals surface area contributed by atoms with Gasteiger partial charge in [-0.2, -0.15) is 0 Å². The zero-order chi connectivity index (χ0) is 14.9. The first-order chi connectivity index (χ1) is 10.8. The molecule has 22 heavy (non-hydrogen) atoms. The highest BCUT2D eigenvalue weighted by atomic mass is 15.2. The molecule has 3 fully saturated rings. The minimum Gasteiger partial charge on any atom is -0.379 e. The molecule has 3 heteroatoms. The van der Waals surface area contributed by atoms with Crippen LogP contribution in [0.25, 0.3) is 11.3 Å². The first-order valence-corrected chi connectivity index (χ1v) is 8.33. The van der Waals surface area contributed by atoms with Gasteiger partial charge in [-0.05, 0) is 50.9 Å². The molecule has 1 aromatic heterocycles. The van der Waals surface area contributed by atoms with Crippen LogP contribution in [0.1, 0.15) is 19.8 Å². The van der Waals surface area contributed by atoms with E-state index in [-0.39, 0.29) is 0 Å². The Balaban J connectivity index is 1.50. The average molecular weight is 293 g/mol. The van der Waals surface area contributed by atoms with E-state index in [1.54, 1.807) is 0 Å². The zero-order valence-electron chi connectivity index (χ0n) is 13.1. The molecule has 5 rings (SSSR count). The van der Waals surface area contributed by atoms with Crippen molar-refractivity contribution in [2.24, 2.45) is 5.92 Å². The smallest absolute Gasteiger partial charge is 0.0703 e. The zero-order valence-corrected chi connectivity index (χ0v) is 13.1. The standard InChI is InChI=1S/C19H23N3/c1-14-19(16-9-11-22(14)12-10-16)21-17-7-8-18(20-13-17)15-5-3-2-4-6-15/h2-8,13-14,16,19,21H,9-12H2,1H3/t14-,19-/m0/s1.